The van der Waals surface area contributed by atoms with E-state index in [1.54, 1.807) is 6.07 Å². The van der Waals surface area contributed by atoms with Crippen LogP contribution < -0.4 is 0 Å². The summed E-state index contributed by atoms with van der Waals surface area (Å²) < 4.78 is 0. The summed E-state index contributed by atoms with van der Waals surface area (Å²) >= 11 is 12.0. The maximum absolute atomic E-state index is 6.02. The summed E-state index contributed by atoms with van der Waals surface area (Å²) in [7, 11) is 0. The summed E-state index contributed by atoms with van der Waals surface area (Å²) in [4.78, 5) is 4.42. The number of hydrogen-bond donors (Lipinski definition) is 0. The van der Waals surface area contributed by atoms with Crippen molar-refractivity contribution in [1.29, 1.82) is 0 Å². The minimum Gasteiger partial charge on any atom is -0.261 e. The molecule has 19 heavy (non-hydrogen) atoms. The van der Waals surface area contributed by atoms with Crippen molar-refractivity contribution < 1.29 is 0 Å². The van der Waals surface area contributed by atoms with Crippen molar-refractivity contribution in [3.8, 4) is 0 Å². The van der Waals surface area contributed by atoms with Crippen LogP contribution >= 0.6 is 23.2 Å². The molecule has 0 bridgehead atoms. The van der Waals surface area contributed by atoms with Crippen molar-refractivity contribution in [3.05, 3.63) is 63.4 Å². The van der Waals surface area contributed by atoms with E-state index in [0.717, 1.165) is 17.7 Å². The summed E-state index contributed by atoms with van der Waals surface area (Å²) in [6, 6.07) is 9.81. The largest absolute Gasteiger partial charge is 0.261 e. The highest BCUT2D eigenvalue weighted by Gasteiger charge is 2.14. The molecule has 0 amide bonds. The van der Waals surface area contributed by atoms with E-state index in [2.05, 4.69) is 37.9 Å². The SMILES string of the molecule is CC(C)(C)c1ccnc(Cc2cc(Cl)cc(Cl)c2)c1. The molecule has 1 heterocycles. The van der Waals surface area contributed by atoms with Gasteiger partial charge in [-0.2, -0.15) is 0 Å². The Morgan fingerprint density at radius 3 is 2.21 bits per heavy atom. The second-order valence-electron chi connectivity index (χ2n) is 5.74. The van der Waals surface area contributed by atoms with Crippen molar-refractivity contribution in [1.82, 2.24) is 4.98 Å². The number of hydrogen-bond acceptors (Lipinski definition) is 1. The molecule has 2 rings (SSSR count). The van der Waals surface area contributed by atoms with Crippen LogP contribution in [0.5, 0.6) is 0 Å². The second-order valence-corrected chi connectivity index (χ2v) is 6.61. The summed E-state index contributed by atoms with van der Waals surface area (Å²) in [5.74, 6) is 0. The third kappa shape index (κ3) is 3.95. The molecule has 0 radical (unpaired) electrons. The van der Waals surface area contributed by atoms with Gasteiger partial charge in [-0.25, -0.2) is 0 Å². The zero-order valence-electron chi connectivity index (χ0n) is 11.4. The van der Waals surface area contributed by atoms with Gasteiger partial charge in [0.25, 0.3) is 0 Å². The van der Waals surface area contributed by atoms with Gasteiger partial charge >= 0.3 is 0 Å². The molecule has 3 heteroatoms. The molecule has 2 aromatic rings. The van der Waals surface area contributed by atoms with E-state index < -0.39 is 0 Å². The van der Waals surface area contributed by atoms with Gasteiger partial charge in [-0.15, -0.1) is 0 Å². The fraction of sp³-hybridized carbons (Fsp3) is 0.312. The van der Waals surface area contributed by atoms with Crippen molar-refractivity contribution in [2.24, 2.45) is 0 Å². The molecular weight excluding hydrogens is 277 g/mol. The molecule has 0 fully saturated rings. The molecule has 1 nitrogen and oxygen atoms in total. The molecule has 0 aliphatic carbocycles. The fourth-order valence-electron chi connectivity index (χ4n) is 1.96. The molecule has 0 spiro atoms. The maximum Gasteiger partial charge on any atom is 0.0450 e. The van der Waals surface area contributed by atoms with Gasteiger partial charge in [-0.1, -0.05) is 44.0 Å². The predicted molar refractivity (Wildman–Crippen MR) is 82.2 cm³/mol. The first-order chi connectivity index (χ1) is 8.84. The van der Waals surface area contributed by atoms with Crippen LogP contribution in [0, 0.1) is 0 Å². The lowest BCUT2D eigenvalue weighted by Gasteiger charge is -2.19. The first kappa shape index (κ1) is 14.4. The Labute approximate surface area is 124 Å². The molecule has 0 N–H and O–H groups in total. The van der Waals surface area contributed by atoms with Gasteiger partial charge in [0.15, 0.2) is 0 Å². The van der Waals surface area contributed by atoms with E-state index in [4.69, 9.17) is 23.2 Å². The van der Waals surface area contributed by atoms with Crippen LogP contribution in [-0.2, 0) is 11.8 Å². The average molecular weight is 294 g/mol. The lowest BCUT2D eigenvalue weighted by Crippen LogP contribution is -2.11. The number of halogens is 2. The summed E-state index contributed by atoms with van der Waals surface area (Å²) in [6.07, 6.45) is 2.60. The monoisotopic (exact) mass is 293 g/mol. The number of pyridine rings is 1. The van der Waals surface area contributed by atoms with Gasteiger partial charge in [0.1, 0.15) is 0 Å². The van der Waals surface area contributed by atoms with E-state index >= 15 is 0 Å². The maximum atomic E-state index is 6.02. The van der Waals surface area contributed by atoms with Crippen molar-refractivity contribution in [2.45, 2.75) is 32.6 Å². The van der Waals surface area contributed by atoms with Crippen LogP contribution in [0.2, 0.25) is 10.0 Å². The van der Waals surface area contributed by atoms with E-state index in [1.807, 2.05) is 18.3 Å². The van der Waals surface area contributed by atoms with Crippen LogP contribution in [0.15, 0.2) is 36.5 Å². The first-order valence-corrected chi connectivity index (χ1v) is 7.00. The third-order valence-corrected chi connectivity index (χ3v) is 3.43. The number of nitrogens with zero attached hydrogens (tertiary/aromatic N) is 1. The van der Waals surface area contributed by atoms with Crippen molar-refractivity contribution >= 4 is 23.2 Å². The third-order valence-electron chi connectivity index (χ3n) is 2.99. The molecule has 100 valence electrons. The van der Waals surface area contributed by atoms with E-state index in [0.29, 0.717) is 10.0 Å². The first-order valence-electron chi connectivity index (χ1n) is 6.25. The highest BCUT2D eigenvalue weighted by Crippen LogP contribution is 2.24. The molecule has 0 saturated carbocycles. The Morgan fingerprint density at radius 2 is 1.63 bits per heavy atom. The standard InChI is InChI=1S/C16H17Cl2N/c1-16(2,3)12-4-5-19-15(9-12)8-11-6-13(17)10-14(18)7-11/h4-7,9-10H,8H2,1-3H3. The molecule has 1 aromatic carbocycles. The molecular formula is C16H17Cl2N. The summed E-state index contributed by atoms with van der Waals surface area (Å²) in [5, 5.41) is 1.32. The zero-order valence-corrected chi connectivity index (χ0v) is 12.9. The van der Waals surface area contributed by atoms with Crippen LogP contribution in [0.3, 0.4) is 0 Å². The minimum absolute atomic E-state index is 0.129. The van der Waals surface area contributed by atoms with Crippen molar-refractivity contribution in [3.63, 3.8) is 0 Å². The van der Waals surface area contributed by atoms with Gasteiger partial charge in [0.05, 0.1) is 0 Å². The second kappa shape index (κ2) is 5.52. The van der Waals surface area contributed by atoms with Gasteiger partial charge in [0.2, 0.25) is 0 Å². The Bertz CT molecular complexity index is 565. The predicted octanol–water partition coefficient (Wildman–Crippen LogP) is 5.28. The number of benzene rings is 1. The van der Waals surface area contributed by atoms with Crippen LogP contribution in [0.1, 0.15) is 37.6 Å². The van der Waals surface area contributed by atoms with Gasteiger partial charge < -0.3 is 0 Å². The molecule has 0 saturated heterocycles. The smallest absolute Gasteiger partial charge is 0.0450 e. The molecule has 1 aromatic heterocycles. The molecule has 0 aliphatic rings. The Balaban J connectivity index is 2.28. The molecule has 0 aliphatic heterocycles. The quantitative estimate of drug-likeness (QED) is 0.734. The van der Waals surface area contributed by atoms with Crippen LogP contribution in [0.25, 0.3) is 0 Å². The Kier molecular flexibility index (Phi) is 4.17. The summed E-state index contributed by atoms with van der Waals surface area (Å²) in [5.41, 5.74) is 3.52. The Hall–Kier alpha value is -1.05. The lowest BCUT2D eigenvalue weighted by molar-refractivity contribution is 0.588. The molecule has 0 atom stereocenters. The fourth-order valence-corrected chi connectivity index (χ4v) is 2.53. The zero-order chi connectivity index (χ0) is 14.0. The highest BCUT2D eigenvalue weighted by atomic mass is 35.5. The minimum atomic E-state index is 0.129. The average Bonchev–Trinajstić information content (AvgIpc) is 2.26. The van der Waals surface area contributed by atoms with Crippen LogP contribution in [0.4, 0.5) is 0 Å². The Morgan fingerprint density at radius 1 is 1.00 bits per heavy atom. The van der Waals surface area contributed by atoms with E-state index in [-0.39, 0.29) is 5.41 Å². The van der Waals surface area contributed by atoms with E-state index in [1.165, 1.54) is 5.56 Å². The van der Waals surface area contributed by atoms with Gasteiger partial charge in [0, 0.05) is 28.4 Å². The number of aromatic nitrogens is 1. The number of rotatable bonds is 2. The van der Waals surface area contributed by atoms with Gasteiger partial charge in [-0.05, 0) is 46.9 Å². The summed E-state index contributed by atoms with van der Waals surface area (Å²) in [6.45, 7) is 6.59. The molecule has 0 unspecified atom stereocenters. The van der Waals surface area contributed by atoms with Crippen LogP contribution in [-0.4, -0.2) is 4.98 Å². The van der Waals surface area contributed by atoms with Crippen molar-refractivity contribution in [2.75, 3.05) is 0 Å². The lowest BCUT2D eigenvalue weighted by atomic mass is 9.87. The van der Waals surface area contributed by atoms with E-state index in [9.17, 15) is 0 Å². The van der Waals surface area contributed by atoms with Gasteiger partial charge in [-0.3, -0.25) is 4.98 Å². The highest BCUT2D eigenvalue weighted by molar-refractivity contribution is 6.34. The topological polar surface area (TPSA) is 12.9 Å². The normalized spacial score (nSPS) is 11.6.